The zero-order valence-electron chi connectivity index (χ0n) is 21.1. The van der Waals surface area contributed by atoms with Crippen molar-refractivity contribution in [2.24, 2.45) is 0 Å². The molecule has 0 N–H and O–H groups in total. The Balaban J connectivity index is 1.77. The number of methoxy groups -OCH3 is 4. The minimum absolute atomic E-state index is 0.00550. The van der Waals surface area contributed by atoms with Crippen molar-refractivity contribution < 1.29 is 23.7 Å². The van der Waals surface area contributed by atoms with Crippen LogP contribution in [0.1, 0.15) is 16.7 Å². The lowest BCUT2D eigenvalue weighted by Crippen LogP contribution is -2.37. The van der Waals surface area contributed by atoms with Crippen LogP contribution >= 0.6 is 0 Å². The van der Waals surface area contributed by atoms with E-state index in [4.69, 9.17) is 18.9 Å². The van der Waals surface area contributed by atoms with Crippen molar-refractivity contribution in [2.45, 2.75) is 6.54 Å². The van der Waals surface area contributed by atoms with Gasteiger partial charge in [0.2, 0.25) is 0 Å². The van der Waals surface area contributed by atoms with Crippen LogP contribution < -0.4 is 18.9 Å². The van der Waals surface area contributed by atoms with Gasteiger partial charge in [-0.1, -0.05) is 30.3 Å². The number of carbonyl (C=O) groups is 1. The number of ether oxygens (including phenoxy) is 4. The summed E-state index contributed by atoms with van der Waals surface area (Å²) in [7, 11) is 6.48. The summed E-state index contributed by atoms with van der Waals surface area (Å²) in [6.45, 7) is 1.74. The Kier molecular flexibility index (Phi) is 8.08. The average Bonchev–Trinajstić information content (AvgIpc) is 2.91. The van der Waals surface area contributed by atoms with Crippen LogP contribution in [0.15, 0.2) is 77.9 Å². The minimum atomic E-state index is -0.00550. The quantitative estimate of drug-likeness (QED) is 0.405. The Morgan fingerprint density at radius 2 is 1.19 bits per heavy atom. The summed E-state index contributed by atoms with van der Waals surface area (Å²) in [4.78, 5) is 16.0. The van der Waals surface area contributed by atoms with Gasteiger partial charge in [0.15, 0.2) is 5.78 Å². The molecule has 0 bridgehead atoms. The molecule has 3 aromatic rings. The van der Waals surface area contributed by atoms with Gasteiger partial charge in [-0.3, -0.25) is 9.69 Å². The summed E-state index contributed by atoms with van der Waals surface area (Å²) in [5.74, 6) is 2.74. The van der Waals surface area contributed by atoms with E-state index < -0.39 is 0 Å². The number of rotatable bonds is 8. The van der Waals surface area contributed by atoms with Crippen molar-refractivity contribution in [1.82, 2.24) is 4.90 Å². The fourth-order valence-electron chi connectivity index (χ4n) is 4.34. The summed E-state index contributed by atoms with van der Waals surface area (Å²) in [5, 5.41) is 0. The summed E-state index contributed by atoms with van der Waals surface area (Å²) in [6, 6.07) is 21.4. The number of piperidine rings is 1. The van der Waals surface area contributed by atoms with Gasteiger partial charge >= 0.3 is 0 Å². The molecule has 4 rings (SSSR count). The molecule has 186 valence electrons. The van der Waals surface area contributed by atoms with Crippen LogP contribution in [0.2, 0.25) is 0 Å². The van der Waals surface area contributed by atoms with Gasteiger partial charge in [-0.15, -0.1) is 0 Å². The molecule has 1 saturated heterocycles. The van der Waals surface area contributed by atoms with E-state index >= 15 is 0 Å². The third-order valence-corrected chi connectivity index (χ3v) is 6.15. The van der Waals surface area contributed by atoms with Crippen molar-refractivity contribution in [3.05, 3.63) is 94.6 Å². The van der Waals surface area contributed by atoms with Gasteiger partial charge in [-0.25, -0.2) is 0 Å². The van der Waals surface area contributed by atoms with Crippen LogP contribution in [0, 0.1) is 0 Å². The molecule has 0 aliphatic carbocycles. The Hall–Kier alpha value is -4.03. The van der Waals surface area contributed by atoms with E-state index in [2.05, 4.69) is 17.0 Å². The molecule has 0 aromatic heterocycles. The molecule has 0 radical (unpaired) electrons. The van der Waals surface area contributed by atoms with Gasteiger partial charge in [0.05, 0.1) is 28.4 Å². The number of hydrogen-bond donors (Lipinski definition) is 0. The van der Waals surface area contributed by atoms with Gasteiger partial charge in [-0.05, 0) is 54.1 Å². The highest BCUT2D eigenvalue weighted by Gasteiger charge is 2.27. The molecule has 6 heteroatoms. The van der Waals surface area contributed by atoms with Crippen LogP contribution in [0.5, 0.6) is 23.0 Å². The summed E-state index contributed by atoms with van der Waals surface area (Å²) < 4.78 is 21.9. The number of carbonyl (C=O) groups excluding carboxylic acids is 1. The molecule has 6 nitrogen and oxygen atoms in total. The zero-order chi connectivity index (χ0) is 25.5. The molecule has 1 fully saturated rings. The van der Waals surface area contributed by atoms with Gasteiger partial charge in [0.1, 0.15) is 23.0 Å². The molecule has 0 saturated carbocycles. The summed E-state index contributed by atoms with van der Waals surface area (Å²) in [5.41, 5.74) is 4.12. The van der Waals surface area contributed by atoms with E-state index in [1.807, 2.05) is 66.7 Å². The Bertz CT molecular complexity index is 1200. The van der Waals surface area contributed by atoms with Crippen LogP contribution in [0.3, 0.4) is 0 Å². The molecule has 0 spiro atoms. The molecule has 3 aromatic carbocycles. The Morgan fingerprint density at radius 1 is 0.694 bits per heavy atom. The lowest BCUT2D eigenvalue weighted by Gasteiger charge is -2.30. The first-order chi connectivity index (χ1) is 17.5. The molecule has 1 heterocycles. The van der Waals surface area contributed by atoms with E-state index in [-0.39, 0.29) is 5.78 Å². The number of benzene rings is 3. The molecular formula is C30H31NO5. The largest absolute Gasteiger partial charge is 0.497 e. The fraction of sp³-hybridized carbons (Fsp3) is 0.233. The second-order valence-corrected chi connectivity index (χ2v) is 8.51. The Morgan fingerprint density at radius 3 is 1.64 bits per heavy atom. The topological polar surface area (TPSA) is 57.2 Å². The van der Waals surface area contributed by atoms with Crippen molar-refractivity contribution in [3.63, 3.8) is 0 Å². The normalized spacial score (nSPS) is 16.3. The van der Waals surface area contributed by atoms with Crippen LogP contribution in [0.4, 0.5) is 0 Å². The maximum Gasteiger partial charge on any atom is 0.187 e. The summed E-state index contributed by atoms with van der Waals surface area (Å²) in [6.07, 6.45) is 3.80. The first-order valence-electron chi connectivity index (χ1n) is 11.7. The number of Topliss-reactive ketones (excluding diaryl/α,β-unsaturated/α-hetero) is 1. The van der Waals surface area contributed by atoms with Crippen molar-refractivity contribution in [2.75, 3.05) is 41.5 Å². The van der Waals surface area contributed by atoms with Gasteiger partial charge in [-0.2, -0.15) is 0 Å². The molecule has 0 amide bonds. The van der Waals surface area contributed by atoms with Crippen LogP contribution in [-0.2, 0) is 11.3 Å². The molecule has 1 aliphatic heterocycles. The smallest absolute Gasteiger partial charge is 0.187 e. The van der Waals surface area contributed by atoms with Crippen molar-refractivity contribution in [3.8, 4) is 23.0 Å². The highest BCUT2D eigenvalue weighted by atomic mass is 16.5. The number of hydrogen-bond acceptors (Lipinski definition) is 6. The van der Waals surface area contributed by atoms with Gasteiger partial charge in [0.25, 0.3) is 0 Å². The third-order valence-electron chi connectivity index (χ3n) is 6.15. The van der Waals surface area contributed by atoms with E-state index in [0.29, 0.717) is 53.8 Å². The van der Waals surface area contributed by atoms with E-state index in [0.717, 1.165) is 11.1 Å². The maximum absolute atomic E-state index is 13.7. The molecule has 0 atom stereocenters. The van der Waals surface area contributed by atoms with Gasteiger partial charge < -0.3 is 18.9 Å². The number of ketones is 1. The van der Waals surface area contributed by atoms with Crippen LogP contribution in [0.25, 0.3) is 12.2 Å². The van der Waals surface area contributed by atoms with Gasteiger partial charge in [0, 0.05) is 41.9 Å². The summed E-state index contributed by atoms with van der Waals surface area (Å²) >= 11 is 0. The maximum atomic E-state index is 13.7. The van der Waals surface area contributed by atoms with E-state index in [1.54, 1.807) is 28.4 Å². The fourth-order valence-corrected chi connectivity index (χ4v) is 4.34. The SMILES string of the molecule is COc1ccc(OC)c(/C=C2/CN(Cc3ccccc3)C/C(=C\c3cc(OC)ccc3OC)C2=O)c1. The predicted molar refractivity (Wildman–Crippen MR) is 142 cm³/mol. The Labute approximate surface area is 212 Å². The highest BCUT2D eigenvalue weighted by Crippen LogP contribution is 2.31. The standard InChI is InChI=1S/C30H31NO5/c1-33-26-10-12-28(35-3)22(16-26)14-24-19-31(18-21-8-6-5-7-9-21)20-25(30(24)32)15-23-17-27(34-2)11-13-29(23)36-4/h5-17H,18-20H2,1-4H3/b24-14-,25-15+. The highest BCUT2D eigenvalue weighted by molar-refractivity contribution is 6.14. The molecule has 36 heavy (non-hydrogen) atoms. The first-order valence-corrected chi connectivity index (χ1v) is 11.7. The lowest BCUT2D eigenvalue weighted by molar-refractivity contribution is -0.113. The number of nitrogens with zero attached hydrogens (tertiary/aromatic N) is 1. The van der Waals surface area contributed by atoms with E-state index in [9.17, 15) is 4.79 Å². The second kappa shape index (κ2) is 11.6. The molecule has 1 aliphatic rings. The average molecular weight is 486 g/mol. The third kappa shape index (κ3) is 5.78. The molecular weight excluding hydrogens is 454 g/mol. The lowest BCUT2D eigenvalue weighted by atomic mass is 9.93. The first kappa shape index (κ1) is 25.1. The second-order valence-electron chi connectivity index (χ2n) is 8.51. The molecule has 0 unspecified atom stereocenters. The van der Waals surface area contributed by atoms with Crippen molar-refractivity contribution in [1.29, 1.82) is 0 Å². The zero-order valence-corrected chi connectivity index (χ0v) is 21.1. The monoisotopic (exact) mass is 485 g/mol. The minimum Gasteiger partial charge on any atom is -0.497 e. The van der Waals surface area contributed by atoms with Crippen LogP contribution in [-0.4, -0.2) is 52.2 Å². The predicted octanol–water partition coefficient (Wildman–Crippen LogP) is 5.27. The van der Waals surface area contributed by atoms with E-state index in [1.165, 1.54) is 5.56 Å². The van der Waals surface area contributed by atoms with Crippen molar-refractivity contribution >= 4 is 17.9 Å². The number of likely N-dealkylation sites (tertiary alicyclic amines) is 1.